The fraction of sp³-hybridized carbons (Fsp3) is 0.481. The fourth-order valence-electron chi connectivity index (χ4n) is 5.54. The highest BCUT2D eigenvalue weighted by atomic mass is 35.5. The number of morpholine rings is 1. The maximum atomic E-state index is 13.9. The van der Waals surface area contributed by atoms with Crippen LogP contribution in [0, 0.1) is 0 Å². The Morgan fingerprint density at radius 3 is 2.67 bits per heavy atom. The second-order valence-electron chi connectivity index (χ2n) is 10.5. The van der Waals surface area contributed by atoms with Crippen molar-refractivity contribution in [1.82, 2.24) is 24.9 Å². The minimum atomic E-state index is -3.02. The third kappa shape index (κ3) is 5.59. The van der Waals surface area contributed by atoms with Gasteiger partial charge in [-0.15, -0.1) is 0 Å². The Morgan fingerprint density at radius 2 is 1.98 bits per heavy atom. The quantitative estimate of drug-likeness (QED) is 0.394. The van der Waals surface area contributed by atoms with E-state index in [-0.39, 0.29) is 48.0 Å². The molecule has 3 saturated heterocycles. The number of carbonyl (C=O) groups is 1. The van der Waals surface area contributed by atoms with Crippen LogP contribution < -0.4 is 19.3 Å². The Bertz CT molecular complexity index is 1520. The second-order valence-corrected chi connectivity index (χ2v) is 10.9. The van der Waals surface area contributed by atoms with Crippen LogP contribution >= 0.6 is 11.6 Å². The van der Waals surface area contributed by atoms with Crippen molar-refractivity contribution < 1.29 is 37.6 Å². The molecule has 3 aromatic heterocycles. The number of nitrogens with zero attached hydrogens (tertiary/aromatic N) is 7. The van der Waals surface area contributed by atoms with Crippen molar-refractivity contribution >= 4 is 29.1 Å². The van der Waals surface area contributed by atoms with Gasteiger partial charge < -0.3 is 33.9 Å². The van der Waals surface area contributed by atoms with Gasteiger partial charge in [0.25, 0.3) is 6.43 Å². The van der Waals surface area contributed by atoms with Gasteiger partial charge in [-0.25, -0.2) is 33.5 Å². The average molecular weight is 620 g/mol. The number of aromatic nitrogens is 5. The third-order valence-corrected chi connectivity index (χ3v) is 8.09. The highest BCUT2D eigenvalue weighted by Crippen LogP contribution is 2.40. The molecule has 0 saturated carbocycles. The first-order valence-corrected chi connectivity index (χ1v) is 13.9. The van der Waals surface area contributed by atoms with E-state index in [2.05, 4.69) is 29.8 Å². The second kappa shape index (κ2) is 11.6. The van der Waals surface area contributed by atoms with Crippen LogP contribution in [0.1, 0.15) is 25.6 Å². The maximum Gasteiger partial charge on any atom is 0.326 e. The Kier molecular flexibility index (Phi) is 7.87. The van der Waals surface area contributed by atoms with Gasteiger partial charge in [0.15, 0.2) is 5.82 Å². The molecule has 6 rings (SSSR count). The molecule has 0 aromatic carbocycles. The summed E-state index contributed by atoms with van der Waals surface area (Å²) in [5.74, 6) is -1.52. The molecule has 16 heteroatoms. The zero-order valence-electron chi connectivity index (χ0n) is 23.2. The van der Waals surface area contributed by atoms with E-state index in [4.69, 9.17) is 30.5 Å². The maximum absolute atomic E-state index is 13.9. The molecule has 228 valence electrons. The Morgan fingerprint density at radius 1 is 1.16 bits per heavy atom. The van der Waals surface area contributed by atoms with Crippen LogP contribution in [-0.2, 0) is 14.3 Å². The van der Waals surface area contributed by atoms with E-state index in [1.54, 1.807) is 6.07 Å². The van der Waals surface area contributed by atoms with Gasteiger partial charge in [-0.1, -0.05) is 11.6 Å². The van der Waals surface area contributed by atoms with Crippen LogP contribution in [0.4, 0.5) is 20.3 Å². The summed E-state index contributed by atoms with van der Waals surface area (Å²) in [6.45, 7) is 4.02. The molecule has 3 aromatic rings. The van der Waals surface area contributed by atoms with Crippen LogP contribution in [0.5, 0.6) is 11.8 Å². The molecule has 3 atom stereocenters. The predicted molar refractivity (Wildman–Crippen MR) is 148 cm³/mol. The first-order valence-electron chi connectivity index (χ1n) is 13.5. The largest absolute Gasteiger partial charge is 0.480 e. The summed E-state index contributed by atoms with van der Waals surface area (Å²) in [7, 11) is 1.39. The molecule has 3 aliphatic heterocycles. The first-order chi connectivity index (χ1) is 20.7. The lowest BCUT2D eigenvalue weighted by molar-refractivity contribution is -0.228. The molecule has 6 heterocycles. The number of pyridine rings is 1. The summed E-state index contributed by atoms with van der Waals surface area (Å²) in [5.41, 5.74) is 0.391. The smallest absolute Gasteiger partial charge is 0.326 e. The topological polar surface area (TPSA) is 145 Å². The monoisotopic (exact) mass is 619 g/mol. The van der Waals surface area contributed by atoms with Gasteiger partial charge in [0.2, 0.25) is 11.8 Å². The number of rotatable bonds is 8. The van der Waals surface area contributed by atoms with Crippen LogP contribution in [0.2, 0.25) is 5.02 Å². The van der Waals surface area contributed by atoms with Gasteiger partial charge >= 0.3 is 5.97 Å². The Balaban J connectivity index is 1.30. The van der Waals surface area contributed by atoms with Crippen LogP contribution in [0.15, 0.2) is 30.7 Å². The molecule has 1 N–H and O–H groups in total. The van der Waals surface area contributed by atoms with Gasteiger partial charge in [-0.2, -0.15) is 0 Å². The summed E-state index contributed by atoms with van der Waals surface area (Å²) >= 11 is 6.33. The predicted octanol–water partition coefficient (Wildman–Crippen LogP) is 3.03. The molecule has 0 amide bonds. The molecule has 3 fully saturated rings. The standard InChI is InChI=1S/C27H28ClF2N7O6/c1-14-27(12-41-13-27)42-4-3-36(14)19-5-15(28)8-32-25(19)43-16-6-20(26(38)39)37(11-16)21-7-17(34-24(35-21)23(29)30)18-9-31-10-22(33-18)40-2/h5,7-10,14,16,20,23H,3-4,6,11-13H2,1-2H3,(H,38,39)/t14-,16-,20-/m0/s1. The number of carboxylic acid groups (broad SMARTS) is 1. The van der Waals surface area contributed by atoms with E-state index in [0.717, 1.165) is 0 Å². The number of halogens is 3. The van der Waals surface area contributed by atoms with Crippen molar-refractivity contribution in [3.05, 3.63) is 41.6 Å². The summed E-state index contributed by atoms with van der Waals surface area (Å²) in [6, 6.07) is 1.95. The highest BCUT2D eigenvalue weighted by Gasteiger charge is 2.50. The minimum absolute atomic E-state index is 0.0126. The van der Waals surface area contributed by atoms with Gasteiger partial charge in [-0.3, -0.25) is 4.98 Å². The minimum Gasteiger partial charge on any atom is -0.480 e. The van der Waals surface area contributed by atoms with Crippen LogP contribution in [-0.4, -0.2) is 99.8 Å². The number of hydrogen-bond donors (Lipinski definition) is 1. The van der Waals surface area contributed by atoms with E-state index in [1.807, 2.05) is 6.92 Å². The molecule has 43 heavy (non-hydrogen) atoms. The van der Waals surface area contributed by atoms with Crippen molar-refractivity contribution in [2.45, 2.75) is 43.6 Å². The molecular formula is C27H28ClF2N7O6. The SMILES string of the molecule is COc1cncc(-c2cc(N3C[C@@H](Oc4ncc(Cl)cc4N4CCOC5(COC5)[C@@H]4C)C[C@H]3C(=O)O)nc(C(F)F)n2)n1. The van der Waals surface area contributed by atoms with Crippen molar-refractivity contribution in [3.63, 3.8) is 0 Å². The normalized spacial score (nSPS) is 23.0. The number of methoxy groups -OCH3 is 1. The lowest BCUT2D eigenvalue weighted by Gasteiger charge is -2.53. The zero-order chi connectivity index (χ0) is 30.3. The van der Waals surface area contributed by atoms with E-state index in [1.165, 1.54) is 36.7 Å². The molecule has 0 aliphatic carbocycles. The van der Waals surface area contributed by atoms with E-state index in [0.29, 0.717) is 37.1 Å². The number of alkyl halides is 2. The summed E-state index contributed by atoms with van der Waals surface area (Å²) in [6.07, 6.45) is 0.508. The van der Waals surface area contributed by atoms with Gasteiger partial charge in [0.1, 0.15) is 34.9 Å². The number of ether oxygens (including phenoxy) is 4. The van der Waals surface area contributed by atoms with Crippen molar-refractivity contribution in [3.8, 4) is 23.1 Å². The first kappa shape index (κ1) is 29.1. The number of hydrogen-bond acceptors (Lipinski definition) is 12. The lowest BCUT2D eigenvalue weighted by atomic mass is 9.90. The molecule has 13 nitrogen and oxygen atoms in total. The van der Waals surface area contributed by atoms with Crippen molar-refractivity contribution in [2.24, 2.45) is 0 Å². The van der Waals surface area contributed by atoms with Gasteiger partial charge in [-0.05, 0) is 13.0 Å². The van der Waals surface area contributed by atoms with Gasteiger partial charge in [0.05, 0.1) is 62.6 Å². The summed E-state index contributed by atoms with van der Waals surface area (Å²) < 4.78 is 50.6. The highest BCUT2D eigenvalue weighted by molar-refractivity contribution is 6.30. The average Bonchev–Trinajstić information content (AvgIpc) is 3.41. The van der Waals surface area contributed by atoms with E-state index in [9.17, 15) is 18.7 Å². The molecule has 0 radical (unpaired) electrons. The fourth-order valence-corrected chi connectivity index (χ4v) is 5.69. The zero-order valence-corrected chi connectivity index (χ0v) is 23.9. The Hall–Kier alpha value is -3.95. The van der Waals surface area contributed by atoms with E-state index < -0.39 is 36.0 Å². The molecule has 0 unspecified atom stereocenters. The molecule has 1 spiro atoms. The Labute approximate surface area is 249 Å². The van der Waals surface area contributed by atoms with Gasteiger partial charge in [0, 0.05) is 25.2 Å². The van der Waals surface area contributed by atoms with Crippen LogP contribution in [0.25, 0.3) is 11.4 Å². The summed E-state index contributed by atoms with van der Waals surface area (Å²) in [4.78, 5) is 36.5. The van der Waals surface area contributed by atoms with Crippen molar-refractivity contribution in [1.29, 1.82) is 0 Å². The molecule has 3 aliphatic rings. The number of carboxylic acids is 1. The molecular weight excluding hydrogens is 592 g/mol. The summed E-state index contributed by atoms with van der Waals surface area (Å²) in [5, 5.41) is 10.5. The van der Waals surface area contributed by atoms with Crippen LogP contribution in [0.3, 0.4) is 0 Å². The third-order valence-electron chi connectivity index (χ3n) is 7.88. The number of anilines is 2. The van der Waals surface area contributed by atoms with Crippen molar-refractivity contribution in [2.75, 3.05) is 49.8 Å². The number of aliphatic carboxylic acids is 1. The lowest BCUT2D eigenvalue weighted by Crippen LogP contribution is -2.68. The molecule has 0 bridgehead atoms. The van der Waals surface area contributed by atoms with E-state index >= 15 is 0 Å².